The Kier molecular flexibility index (Phi) is 13.8. The molecule has 1 atom stereocenters. The number of amides is 1. The van der Waals surface area contributed by atoms with Gasteiger partial charge in [0.05, 0.1) is 17.6 Å². The lowest BCUT2D eigenvalue weighted by Crippen LogP contribution is -2.34. The Morgan fingerprint density at radius 1 is 1.13 bits per heavy atom. The van der Waals surface area contributed by atoms with Crippen molar-refractivity contribution in [2.45, 2.75) is 110 Å². The van der Waals surface area contributed by atoms with E-state index < -0.39 is 0 Å². The van der Waals surface area contributed by atoms with Gasteiger partial charge in [0.1, 0.15) is 17.9 Å². The second-order valence-electron chi connectivity index (χ2n) is 9.95. The molecule has 7 heteroatoms. The van der Waals surface area contributed by atoms with Crippen molar-refractivity contribution in [1.82, 2.24) is 15.1 Å². The first-order valence-corrected chi connectivity index (χ1v) is 14.5. The number of carbonyl (C=O) groups is 1. The molecule has 3 N–H and O–H groups in total. The maximum Gasteiger partial charge on any atom is 0.220 e. The van der Waals surface area contributed by atoms with Crippen LogP contribution in [0.3, 0.4) is 0 Å². The summed E-state index contributed by atoms with van der Waals surface area (Å²) in [5, 5.41) is 4.18. The van der Waals surface area contributed by atoms with Gasteiger partial charge < -0.3 is 15.2 Å². The summed E-state index contributed by atoms with van der Waals surface area (Å²) in [6.45, 7) is 8.05. The molecule has 0 radical (unpaired) electrons. The molecular formula is C31H47FN4O2. The number of carbonyl (C=O) groups excluding carboxylic acids is 1. The summed E-state index contributed by atoms with van der Waals surface area (Å²) < 4.78 is 18.9. The smallest absolute Gasteiger partial charge is 0.220 e. The van der Waals surface area contributed by atoms with Gasteiger partial charge in [0, 0.05) is 29.4 Å². The van der Waals surface area contributed by atoms with Crippen molar-refractivity contribution < 1.29 is 13.7 Å². The van der Waals surface area contributed by atoms with Crippen LogP contribution in [0.15, 0.2) is 47.3 Å². The number of imidazole rings is 1. The van der Waals surface area contributed by atoms with Crippen molar-refractivity contribution in [3.8, 4) is 11.3 Å². The fourth-order valence-corrected chi connectivity index (χ4v) is 5.04. The Balaban J connectivity index is 0.000000394. The Morgan fingerprint density at radius 3 is 2.42 bits per heavy atom. The summed E-state index contributed by atoms with van der Waals surface area (Å²) in [7, 11) is 0. The Labute approximate surface area is 228 Å². The van der Waals surface area contributed by atoms with Crippen LogP contribution < -0.4 is 5.73 Å². The van der Waals surface area contributed by atoms with Gasteiger partial charge >= 0.3 is 0 Å². The van der Waals surface area contributed by atoms with Crippen LogP contribution in [0.4, 0.5) is 4.39 Å². The fourth-order valence-electron chi connectivity index (χ4n) is 5.04. The van der Waals surface area contributed by atoms with Crippen molar-refractivity contribution >= 4 is 5.91 Å². The van der Waals surface area contributed by atoms with E-state index in [1.54, 1.807) is 24.6 Å². The minimum atomic E-state index is -0.218. The van der Waals surface area contributed by atoms with E-state index in [1.807, 2.05) is 32.9 Å². The number of nitrogens with zero attached hydrogens (tertiary/aromatic N) is 2. The third-order valence-electron chi connectivity index (χ3n) is 7.44. The highest BCUT2D eigenvalue weighted by molar-refractivity contribution is 5.76. The van der Waals surface area contributed by atoms with Gasteiger partial charge in [-0.2, -0.15) is 0 Å². The number of benzene rings is 1. The van der Waals surface area contributed by atoms with Gasteiger partial charge in [-0.3, -0.25) is 4.79 Å². The minimum absolute atomic E-state index is 0.106. The van der Waals surface area contributed by atoms with Crippen molar-refractivity contribution in [3.05, 3.63) is 60.1 Å². The van der Waals surface area contributed by atoms with Gasteiger partial charge in [0.15, 0.2) is 0 Å². The lowest BCUT2D eigenvalue weighted by molar-refractivity contribution is -0.122. The van der Waals surface area contributed by atoms with E-state index in [1.165, 1.54) is 51.0 Å². The number of aromatic amines is 1. The van der Waals surface area contributed by atoms with E-state index in [4.69, 9.17) is 10.3 Å². The molecule has 1 unspecified atom stereocenters. The van der Waals surface area contributed by atoms with Gasteiger partial charge in [0.2, 0.25) is 5.91 Å². The first kappa shape index (κ1) is 31.3. The third kappa shape index (κ3) is 9.10. The third-order valence-corrected chi connectivity index (χ3v) is 7.44. The predicted molar refractivity (Wildman–Crippen MR) is 152 cm³/mol. The molecular weight excluding hydrogens is 479 g/mol. The van der Waals surface area contributed by atoms with Crippen LogP contribution in [-0.4, -0.2) is 21.0 Å². The minimum Gasteiger partial charge on any atom is -0.369 e. The topological polar surface area (TPSA) is 97.8 Å². The number of aryl methyl sites for hydroxylation is 1. The molecule has 2 heterocycles. The van der Waals surface area contributed by atoms with Gasteiger partial charge in [-0.05, 0) is 50.7 Å². The summed E-state index contributed by atoms with van der Waals surface area (Å²) in [5.41, 5.74) is 7.85. The lowest BCUT2D eigenvalue weighted by atomic mass is 9.64. The number of primary amides is 1. The van der Waals surface area contributed by atoms with E-state index >= 15 is 0 Å². The van der Waals surface area contributed by atoms with Crippen molar-refractivity contribution in [1.29, 1.82) is 0 Å². The van der Waals surface area contributed by atoms with E-state index in [0.717, 1.165) is 49.3 Å². The maximum atomic E-state index is 13.9. The number of hydrogen-bond donors (Lipinski definition) is 2. The van der Waals surface area contributed by atoms with Crippen LogP contribution >= 0.6 is 0 Å². The molecule has 4 rings (SSSR count). The number of nitrogens with two attached hydrogens (primary N) is 1. The monoisotopic (exact) mass is 526 g/mol. The van der Waals surface area contributed by atoms with Gasteiger partial charge in [-0.25, -0.2) is 9.37 Å². The standard InChI is InChI=1S/C22H26FN3O.C7H15NO.C2H6/c23-18-9-5-4-8-17(18)19-16-24-21(25-19)10-3-1-2-6-12-22(13-7-14-22)20-11-15-27-26-20;1-3-5-6(4-2)7(8)9;1-2/h4-5,8-9,11,15-16H,1-3,6-7,10,12-14H2,(H,24,25);6H,3-5H2,1-2H3,(H2,8,9);1-2H3. The molecule has 38 heavy (non-hydrogen) atoms. The molecule has 0 bridgehead atoms. The predicted octanol–water partition coefficient (Wildman–Crippen LogP) is 8.14. The lowest BCUT2D eigenvalue weighted by Gasteiger charge is -2.40. The van der Waals surface area contributed by atoms with E-state index in [2.05, 4.69) is 22.0 Å². The Hall–Kier alpha value is -2.96. The Bertz CT molecular complexity index is 1040. The molecule has 6 nitrogen and oxygen atoms in total. The van der Waals surface area contributed by atoms with Crippen LogP contribution in [0.2, 0.25) is 0 Å². The molecule has 3 aromatic rings. The van der Waals surface area contributed by atoms with Crippen LogP contribution in [0.5, 0.6) is 0 Å². The summed E-state index contributed by atoms with van der Waals surface area (Å²) >= 11 is 0. The van der Waals surface area contributed by atoms with E-state index in [-0.39, 0.29) is 23.1 Å². The number of nitrogens with one attached hydrogen (secondary N) is 1. The molecule has 1 aliphatic carbocycles. The SMILES string of the molecule is CC.CCCC(CC)C(N)=O.Fc1ccccc1-c1cnc(CCCCCCC2(c3ccon3)CCC2)[nH]1. The molecule has 1 amide bonds. The van der Waals surface area contributed by atoms with Crippen LogP contribution in [0.1, 0.15) is 110 Å². The number of unbranched alkanes of at least 4 members (excludes halogenated alkanes) is 3. The second kappa shape index (κ2) is 16.8. The Morgan fingerprint density at radius 2 is 1.87 bits per heavy atom. The first-order chi connectivity index (χ1) is 18.5. The van der Waals surface area contributed by atoms with Gasteiger partial charge in [-0.1, -0.05) is 77.1 Å². The number of rotatable bonds is 13. The fraction of sp³-hybridized carbons (Fsp3) is 0.581. The largest absolute Gasteiger partial charge is 0.369 e. The molecule has 0 aliphatic heterocycles. The molecule has 2 aromatic heterocycles. The number of halogens is 1. The zero-order chi connectivity index (χ0) is 27.8. The maximum absolute atomic E-state index is 13.9. The van der Waals surface area contributed by atoms with Crippen LogP contribution in [0.25, 0.3) is 11.3 Å². The summed E-state index contributed by atoms with van der Waals surface area (Å²) in [5.74, 6) is 0.672. The number of aromatic nitrogens is 3. The molecule has 0 saturated heterocycles. The highest BCUT2D eigenvalue weighted by atomic mass is 19.1. The van der Waals surface area contributed by atoms with Crippen molar-refractivity contribution in [2.75, 3.05) is 0 Å². The van der Waals surface area contributed by atoms with E-state index in [0.29, 0.717) is 5.56 Å². The average Bonchev–Trinajstić information content (AvgIpc) is 3.61. The highest BCUT2D eigenvalue weighted by Crippen LogP contribution is 2.46. The zero-order valence-corrected chi connectivity index (χ0v) is 23.8. The summed E-state index contributed by atoms with van der Waals surface area (Å²) in [6.07, 6.45) is 16.9. The van der Waals surface area contributed by atoms with Crippen molar-refractivity contribution in [2.24, 2.45) is 11.7 Å². The molecule has 1 aromatic carbocycles. The molecule has 1 fully saturated rings. The highest BCUT2D eigenvalue weighted by Gasteiger charge is 2.40. The van der Waals surface area contributed by atoms with E-state index in [9.17, 15) is 9.18 Å². The van der Waals surface area contributed by atoms with Crippen molar-refractivity contribution in [3.63, 3.8) is 0 Å². The quantitative estimate of drug-likeness (QED) is 0.220. The van der Waals surface area contributed by atoms with Gasteiger partial charge in [-0.15, -0.1) is 0 Å². The molecule has 1 aliphatic rings. The number of hydrogen-bond acceptors (Lipinski definition) is 4. The van der Waals surface area contributed by atoms with Crippen LogP contribution in [-0.2, 0) is 16.6 Å². The zero-order valence-electron chi connectivity index (χ0n) is 23.8. The normalized spacial score (nSPS) is 14.3. The van der Waals surface area contributed by atoms with Crippen LogP contribution in [0, 0.1) is 11.7 Å². The summed E-state index contributed by atoms with van der Waals surface area (Å²) in [6, 6.07) is 8.82. The first-order valence-electron chi connectivity index (χ1n) is 14.5. The molecule has 1 saturated carbocycles. The molecule has 0 spiro atoms. The second-order valence-corrected chi connectivity index (χ2v) is 9.95. The summed E-state index contributed by atoms with van der Waals surface area (Å²) in [4.78, 5) is 18.2. The average molecular weight is 527 g/mol. The van der Waals surface area contributed by atoms with Gasteiger partial charge in [0.25, 0.3) is 0 Å². The number of H-pyrrole nitrogens is 1. The molecule has 210 valence electrons.